The zero-order valence-electron chi connectivity index (χ0n) is 14.4. The lowest BCUT2D eigenvalue weighted by Crippen LogP contribution is -2.66. The molecule has 0 bridgehead atoms. The molecule has 0 saturated heterocycles. The van der Waals surface area contributed by atoms with Crippen molar-refractivity contribution >= 4 is 6.09 Å². The zero-order chi connectivity index (χ0) is 16.0. The van der Waals surface area contributed by atoms with Gasteiger partial charge in [-0.05, 0) is 53.0 Å². The maximum atomic E-state index is 11.9. The van der Waals surface area contributed by atoms with Gasteiger partial charge in [0, 0.05) is 6.61 Å². The first kappa shape index (κ1) is 18.2. The zero-order valence-corrected chi connectivity index (χ0v) is 14.4. The quantitative estimate of drug-likeness (QED) is 0.759. The predicted octanol–water partition coefficient (Wildman–Crippen LogP) is 2.69. The smallest absolute Gasteiger partial charge is 0.407 e. The van der Waals surface area contributed by atoms with Gasteiger partial charge >= 0.3 is 6.09 Å². The monoisotopic (exact) mass is 300 g/mol. The summed E-state index contributed by atoms with van der Waals surface area (Å²) in [7, 11) is 0. The van der Waals surface area contributed by atoms with Gasteiger partial charge in [-0.15, -0.1) is 0 Å². The number of nitrogens with one attached hydrogen (secondary N) is 2. The van der Waals surface area contributed by atoms with E-state index in [2.05, 4.69) is 24.5 Å². The molecule has 0 radical (unpaired) electrons. The second-order valence-electron chi connectivity index (χ2n) is 7.14. The van der Waals surface area contributed by atoms with Crippen LogP contribution in [0.1, 0.15) is 54.4 Å². The summed E-state index contributed by atoms with van der Waals surface area (Å²) in [4.78, 5) is 11.9. The molecular formula is C16H32N2O3. The maximum Gasteiger partial charge on any atom is 0.407 e. The minimum absolute atomic E-state index is 0.0866. The van der Waals surface area contributed by atoms with E-state index in [0.29, 0.717) is 12.5 Å². The normalized spacial score (nSPS) is 25.6. The lowest BCUT2D eigenvalue weighted by Gasteiger charge is -2.45. The number of alkyl carbamates (subject to hydrolysis) is 1. The molecule has 3 atom stereocenters. The third-order valence-corrected chi connectivity index (χ3v) is 3.50. The van der Waals surface area contributed by atoms with Gasteiger partial charge in [-0.1, -0.05) is 13.8 Å². The molecule has 0 aromatic carbocycles. The number of rotatable bonds is 7. The van der Waals surface area contributed by atoms with Crippen LogP contribution in [-0.2, 0) is 9.47 Å². The van der Waals surface area contributed by atoms with E-state index in [-0.39, 0.29) is 24.3 Å². The second-order valence-corrected chi connectivity index (χ2v) is 7.14. The summed E-state index contributed by atoms with van der Waals surface area (Å²) in [5, 5.41) is 6.45. The third-order valence-electron chi connectivity index (χ3n) is 3.50. The minimum Gasteiger partial charge on any atom is -0.444 e. The minimum atomic E-state index is -0.465. The molecule has 0 heterocycles. The Bertz CT molecular complexity index is 326. The Morgan fingerprint density at radius 3 is 2.52 bits per heavy atom. The van der Waals surface area contributed by atoms with E-state index >= 15 is 0 Å². The van der Waals surface area contributed by atoms with Crippen molar-refractivity contribution in [3.8, 4) is 0 Å². The predicted molar refractivity (Wildman–Crippen MR) is 84.4 cm³/mol. The van der Waals surface area contributed by atoms with Gasteiger partial charge in [0.05, 0.1) is 18.2 Å². The van der Waals surface area contributed by atoms with Gasteiger partial charge in [0.15, 0.2) is 0 Å². The van der Waals surface area contributed by atoms with Gasteiger partial charge in [0.1, 0.15) is 5.60 Å². The highest BCUT2D eigenvalue weighted by molar-refractivity contribution is 5.68. The molecule has 2 N–H and O–H groups in total. The van der Waals surface area contributed by atoms with E-state index in [4.69, 9.17) is 9.47 Å². The Morgan fingerprint density at radius 2 is 2.00 bits per heavy atom. The van der Waals surface area contributed by atoms with Gasteiger partial charge in [0.25, 0.3) is 0 Å². The fraction of sp³-hybridized carbons (Fsp3) is 0.938. The number of ether oxygens (including phenoxy) is 2. The fourth-order valence-electron chi connectivity index (χ4n) is 2.41. The Hall–Kier alpha value is -0.810. The van der Waals surface area contributed by atoms with Crippen LogP contribution in [0.4, 0.5) is 4.79 Å². The Labute approximate surface area is 129 Å². The highest BCUT2D eigenvalue weighted by Crippen LogP contribution is 2.25. The molecule has 0 aromatic rings. The molecule has 21 heavy (non-hydrogen) atoms. The van der Waals surface area contributed by atoms with Crippen LogP contribution in [0, 0.1) is 5.92 Å². The van der Waals surface area contributed by atoms with Crippen LogP contribution in [0.3, 0.4) is 0 Å². The molecule has 1 fully saturated rings. The van der Waals surface area contributed by atoms with Crippen LogP contribution in [0.15, 0.2) is 0 Å². The van der Waals surface area contributed by atoms with Crippen molar-refractivity contribution < 1.29 is 14.3 Å². The van der Waals surface area contributed by atoms with Crippen molar-refractivity contribution in [2.75, 3.05) is 13.2 Å². The second kappa shape index (κ2) is 7.99. The molecule has 5 heteroatoms. The van der Waals surface area contributed by atoms with Gasteiger partial charge in [-0.2, -0.15) is 0 Å². The van der Waals surface area contributed by atoms with E-state index in [9.17, 15) is 4.79 Å². The lowest BCUT2D eigenvalue weighted by molar-refractivity contribution is -0.0433. The topological polar surface area (TPSA) is 59.6 Å². The molecule has 1 aliphatic rings. The molecule has 124 valence electrons. The first-order valence-corrected chi connectivity index (χ1v) is 8.07. The standard InChI is InChI=1S/C16H32N2O3/c1-7-20-13-10-12(14(13)17-9-8-11(2)3)18-15(19)21-16(4,5)6/h11-14,17H,7-10H2,1-6H3,(H,18,19). The summed E-state index contributed by atoms with van der Waals surface area (Å²) < 4.78 is 11.0. The molecule has 0 spiro atoms. The van der Waals surface area contributed by atoms with Crippen molar-refractivity contribution in [3.05, 3.63) is 0 Å². The Kier molecular flexibility index (Phi) is 6.94. The summed E-state index contributed by atoms with van der Waals surface area (Å²) in [5.41, 5.74) is -0.465. The van der Waals surface area contributed by atoms with Gasteiger partial charge in [-0.25, -0.2) is 4.79 Å². The first-order valence-electron chi connectivity index (χ1n) is 8.07. The van der Waals surface area contributed by atoms with E-state index in [1.54, 1.807) is 0 Å². The summed E-state index contributed by atoms with van der Waals surface area (Å²) in [6, 6.07) is 0.264. The highest BCUT2D eigenvalue weighted by atomic mass is 16.6. The summed E-state index contributed by atoms with van der Waals surface area (Å²) in [6.45, 7) is 13.7. The molecule has 1 amide bonds. The van der Waals surface area contributed by atoms with Gasteiger partial charge < -0.3 is 20.1 Å². The van der Waals surface area contributed by atoms with Crippen molar-refractivity contribution in [2.45, 2.75) is 78.2 Å². The largest absolute Gasteiger partial charge is 0.444 e. The molecule has 5 nitrogen and oxygen atoms in total. The van der Waals surface area contributed by atoms with E-state index < -0.39 is 5.60 Å². The first-order chi connectivity index (χ1) is 9.73. The number of hydrogen-bond donors (Lipinski definition) is 2. The molecule has 1 aliphatic carbocycles. The van der Waals surface area contributed by atoms with Crippen LogP contribution in [-0.4, -0.2) is 43.0 Å². The molecule has 1 saturated carbocycles. The lowest BCUT2D eigenvalue weighted by atomic mass is 9.82. The van der Waals surface area contributed by atoms with Crippen molar-refractivity contribution in [1.82, 2.24) is 10.6 Å². The summed E-state index contributed by atoms with van der Waals surface area (Å²) in [5.74, 6) is 0.667. The number of amides is 1. The van der Waals surface area contributed by atoms with E-state index in [0.717, 1.165) is 19.4 Å². The molecular weight excluding hydrogens is 268 g/mol. The van der Waals surface area contributed by atoms with Crippen LogP contribution >= 0.6 is 0 Å². The molecule has 3 unspecified atom stereocenters. The van der Waals surface area contributed by atoms with Crippen LogP contribution < -0.4 is 10.6 Å². The fourth-order valence-corrected chi connectivity index (χ4v) is 2.41. The number of carbonyl (C=O) groups excluding carboxylic acids is 1. The van der Waals surface area contributed by atoms with Crippen LogP contribution in [0.25, 0.3) is 0 Å². The molecule has 0 aliphatic heterocycles. The maximum absolute atomic E-state index is 11.9. The van der Waals surface area contributed by atoms with Crippen molar-refractivity contribution in [3.63, 3.8) is 0 Å². The molecule has 0 aromatic heterocycles. The third kappa shape index (κ3) is 6.66. The van der Waals surface area contributed by atoms with E-state index in [1.165, 1.54) is 0 Å². The van der Waals surface area contributed by atoms with Crippen LogP contribution in [0.5, 0.6) is 0 Å². The van der Waals surface area contributed by atoms with Gasteiger partial charge in [-0.3, -0.25) is 0 Å². The highest BCUT2D eigenvalue weighted by Gasteiger charge is 2.42. The van der Waals surface area contributed by atoms with Crippen LogP contribution in [0.2, 0.25) is 0 Å². The SMILES string of the molecule is CCOC1CC(NC(=O)OC(C)(C)C)C1NCCC(C)C. The summed E-state index contributed by atoms with van der Waals surface area (Å²) in [6.07, 6.45) is 1.79. The molecule has 1 rings (SSSR count). The average molecular weight is 300 g/mol. The van der Waals surface area contributed by atoms with Gasteiger partial charge in [0.2, 0.25) is 0 Å². The average Bonchev–Trinajstić information content (AvgIpc) is 2.30. The van der Waals surface area contributed by atoms with Crippen molar-refractivity contribution in [1.29, 1.82) is 0 Å². The summed E-state index contributed by atoms with van der Waals surface area (Å²) >= 11 is 0. The Morgan fingerprint density at radius 1 is 1.33 bits per heavy atom. The van der Waals surface area contributed by atoms with Crippen molar-refractivity contribution in [2.24, 2.45) is 5.92 Å². The number of hydrogen-bond acceptors (Lipinski definition) is 4. The van der Waals surface area contributed by atoms with E-state index in [1.807, 2.05) is 27.7 Å². The Balaban J connectivity index is 2.43. The number of carbonyl (C=O) groups is 1.